The zero-order chi connectivity index (χ0) is 16.3. The highest BCUT2D eigenvalue weighted by Gasteiger charge is 2.14. The Bertz CT molecular complexity index is 764. The van der Waals surface area contributed by atoms with Gasteiger partial charge in [-0.2, -0.15) is 0 Å². The van der Waals surface area contributed by atoms with Crippen molar-refractivity contribution in [1.82, 2.24) is 5.32 Å². The average molecular weight is 338 g/mol. The number of nitrogens with two attached hydrogens (primary N) is 1. The Balaban J connectivity index is 2.08. The Kier molecular flexibility index (Phi) is 5.00. The largest absolute Gasteiger partial charge is 0.345 e. The van der Waals surface area contributed by atoms with Crippen LogP contribution in [-0.2, 0) is 16.4 Å². The molecule has 7 heteroatoms. The molecule has 1 atom stereocenters. The Hall–Kier alpha value is -1.70. The lowest BCUT2D eigenvalue weighted by atomic mass is 10.1. The molecular weight excluding hydrogens is 320 g/mol. The highest BCUT2D eigenvalue weighted by atomic mass is 32.2. The van der Waals surface area contributed by atoms with E-state index in [4.69, 9.17) is 5.14 Å². The molecule has 5 nitrogen and oxygen atoms in total. The van der Waals surface area contributed by atoms with Crippen molar-refractivity contribution in [3.63, 3.8) is 0 Å². The van der Waals surface area contributed by atoms with Gasteiger partial charge in [-0.1, -0.05) is 19.1 Å². The number of aryl methyl sites for hydroxylation is 1. The van der Waals surface area contributed by atoms with E-state index in [0.717, 1.165) is 16.9 Å². The van der Waals surface area contributed by atoms with Gasteiger partial charge in [-0.15, -0.1) is 11.3 Å². The smallest absolute Gasteiger partial charge is 0.261 e. The van der Waals surface area contributed by atoms with Crippen molar-refractivity contribution in [1.29, 1.82) is 0 Å². The fraction of sp³-hybridized carbons (Fsp3) is 0.267. The first-order valence-corrected chi connectivity index (χ1v) is 9.20. The molecular formula is C15H18N2O3S2. The molecule has 2 aromatic rings. The van der Waals surface area contributed by atoms with Crippen LogP contribution in [0.15, 0.2) is 41.3 Å². The minimum Gasteiger partial charge on any atom is -0.345 e. The number of sulfonamides is 1. The van der Waals surface area contributed by atoms with E-state index >= 15 is 0 Å². The number of primary sulfonamides is 1. The molecule has 0 saturated carbocycles. The average Bonchev–Trinajstić information content (AvgIpc) is 2.95. The molecule has 1 heterocycles. The van der Waals surface area contributed by atoms with E-state index in [1.54, 1.807) is 12.1 Å². The topological polar surface area (TPSA) is 89.3 Å². The van der Waals surface area contributed by atoms with Crippen LogP contribution in [-0.4, -0.2) is 14.3 Å². The van der Waals surface area contributed by atoms with Crippen molar-refractivity contribution < 1.29 is 13.2 Å². The van der Waals surface area contributed by atoms with Crippen molar-refractivity contribution in [2.45, 2.75) is 31.2 Å². The van der Waals surface area contributed by atoms with Crippen molar-refractivity contribution in [2.24, 2.45) is 5.14 Å². The van der Waals surface area contributed by atoms with Crippen LogP contribution in [0.4, 0.5) is 0 Å². The molecule has 0 aliphatic carbocycles. The maximum Gasteiger partial charge on any atom is 0.261 e. The molecule has 0 aliphatic heterocycles. The van der Waals surface area contributed by atoms with Crippen molar-refractivity contribution >= 4 is 27.3 Å². The van der Waals surface area contributed by atoms with Crippen LogP contribution in [0.3, 0.4) is 0 Å². The normalized spacial score (nSPS) is 12.9. The van der Waals surface area contributed by atoms with Crippen molar-refractivity contribution in [3.05, 3.63) is 51.7 Å². The third-order valence-electron chi connectivity index (χ3n) is 3.29. The summed E-state index contributed by atoms with van der Waals surface area (Å²) in [5, 5.41) is 7.96. The number of benzene rings is 1. The van der Waals surface area contributed by atoms with E-state index in [1.807, 2.05) is 26.0 Å². The maximum atomic E-state index is 12.2. The predicted molar refractivity (Wildman–Crippen MR) is 87.4 cm³/mol. The number of rotatable bonds is 5. The molecule has 22 heavy (non-hydrogen) atoms. The molecule has 1 amide bonds. The summed E-state index contributed by atoms with van der Waals surface area (Å²) in [5.41, 5.74) is 0.813. The van der Waals surface area contributed by atoms with Crippen LogP contribution in [0, 0.1) is 0 Å². The highest BCUT2D eigenvalue weighted by molar-refractivity contribution is 7.89. The van der Waals surface area contributed by atoms with Crippen LogP contribution < -0.4 is 10.5 Å². The van der Waals surface area contributed by atoms with E-state index in [9.17, 15) is 13.2 Å². The zero-order valence-corrected chi connectivity index (χ0v) is 14.0. The van der Waals surface area contributed by atoms with Gasteiger partial charge in [0.15, 0.2) is 0 Å². The molecule has 2 rings (SSSR count). The summed E-state index contributed by atoms with van der Waals surface area (Å²) >= 11 is 1.48. The van der Waals surface area contributed by atoms with Gasteiger partial charge in [-0.05, 0) is 43.2 Å². The molecule has 3 N–H and O–H groups in total. The molecule has 1 aromatic carbocycles. The number of hydrogen-bond acceptors (Lipinski definition) is 4. The predicted octanol–water partition coefficient (Wildman–Crippen LogP) is 2.45. The zero-order valence-electron chi connectivity index (χ0n) is 12.4. The highest BCUT2D eigenvalue weighted by Crippen LogP contribution is 2.19. The fourth-order valence-corrected chi connectivity index (χ4v) is 3.35. The summed E-state index contributed by atoms with van der Waals surface area (Å²) in [7, 11) is -3.70. The van der Waals surface area contributed by atoms with Crippen molar-refractivity contribution in [3.8, 4) is 0 Å². The Morgan fingerprint density at radius 1 is 1.23 bits per heavy atom. The van der Waals surface area contributed by atoms with Gasteiger partial charge in [-0.25, -0.2) is 13.6 Å². The monoisotopic (exact) mass is 338 g/mol. The number of hydrogen-bond donors (Lipinski definition) is 2. The van der Waals surface area contributed by atoms with Crippen LogP contribution >= 0.6 is 11.3 Å². The van der Waals surface area contributed by atoms with Gasteiger partial charge in [0.2, 0.25) is 10.0 Å². The molecule has 0 radical (unpaired) electrons. The van der Waals surface area contributed by atoms with Crippen LogP contribution in [0.2, 0.25) is 0 Å². The molecule has 118 valence electrons. The number of thiophene rings is 1. The lowest BCUT2D eigenvalue weighted by Crippen LogP contribution is -2.25. The van der Waals surface area contributed by atoms with Crippen LogP contribution in [0.1, 0.15) is 40.0 Å². The standard InChI is InChI=1S/C15H18N2O3S2/c1-3-12-6-9-14(21-12)15(18)17-10(2)11-4-7-13(8-5-11)22(16,19)20/h4-10H,3H2,1-2H3,(H,17,18)(H2,16,19,20). The number of nitrogens with one attached hydrogen (secondary N) is 1. The molecule has 1 aromatic heterocycles. The number of carbonyl (C=O) groups is 1. The Morgan fingerprint density at radius 2 is 1.86 bits per heavy atom. The van der Waals surface area contributed by atoms with Gasteiger partial charge in [0.1, 0.15) is 0 Å². The van der Waals surface area contributed by atoms with Gasteiger partial charge >= 0.3 is 0 Å². The third kappa shape index (κ3) is 3.94. The summed E-state index contributed by atoms with van der Waals surface area (Å²) in [6.07, 6.45) is 0.905. The number of amides is 1. The SMILES string of the molecule is CCc1ccc(C(=O)NC(C)c2ccc(S(N)(=O)=O)cc2)s1. The third-order valence-corrected chi connectivity index (χ3v) is 5.45. The molecule has 0 aliphatic rings. The van der Waals surface area contributed by atoms with Gasteiger partial charge in [0, 0.05) is 4.88 Å². The fourth-order valence-electron chi connectivity index (χ4n) is 1.99. The first kappa shape index (κ1) is 16.7. The quantitative estimate of drug-likeness (QED) is 0.877. The first-order chi connectivity index (χ1) is 10.3. The van der Waals surface area contributed by atoms with Gasteiger partial charge in [-0.3, -0.25) is 4.79 Å². The van der Waals surface area contributed by atoms with Crippen LogP contribution in [0.5, 0.6) is 0 Å². The van der Waals surface area contributed by atoms with Gasteiger partial charge in [0.25, 0.3) is 5.91 Å². The van der Waals surface area contributed by atoms with Gasteiger partial charge < -0.3 is 5.32 Å². The summed E-state index contributed by atoms with van der Waals surface area (Å²) in [6.45, 7) is 3.89. The van der Waals surface area contributed by atoms with E-state index in [1.165, 1.54) is 23.5 Å². The Morgan fingerprint density at radius 3 is 2.36 bits per heavy atom. The lowest BCUT2D eigenvalue weighted by molar-refractivity contribution is 0.0944. The lowest BCUT2D eigenvalue weighted by Gasteiger charge is -2.14. The summed E-state index contributed by atoms with van der Waals surface area (Å²) in [4.78, 5) is 14.1. The van der Waals surface area contributed by atoms with E-state index in [0.29, 0.717) is 4.88 Å². The number of carbonyl (C=O) groups excluding carboxylic acids is 1. The molecule has 0 saturated heterocycles. The molecule has 1 unspecified atom stereocenters. The Labute approximate surface area is 134 Å². The minimum absolute atomic E-state index is 0.0561. The van der Waals surface area contributed by atoms with Gasteiger partial charge in [0.05, 0.1) is 15.8 Å². The van der Waals surface area contributed by atoms with E-state index in [2.05, 4.69) is 5.32 Å². The second kappa shape index (κ2) is 6.60. The van der Waals surface area contributed by atoms with E-state index < -0.39 is 10.0 Å². The maximum absolute atomic E-state index is 12.2. The first-order valence-electron chi connectivity index (χ1n) is 6.83. The minimum atomic E-state index is -3.70. The summed E-state index contributed by atoms with van der Waals surface area (Å²) in [5.74, 6) is -0.132. The van der Waals surface area contributed by atoms with Crippen LogP contribution in [0.25, 0.3) is 0 Å². The molecule has 0 spiro atoms. The summed E-state index contributed by atoms with van der Waals surface area (Å²) < 4.78 is 22.4. The molecule has 0 bridgehead atoms. The molecule has 0 fully saturated rings. The second-order valence-electron chi connectivity index (χ2n) is 4.93. The summed E-state index contributed by atoms with van der Waals surface area (Å²) in [6, 6.07) is 9.71. The van der Waals surface area contributed by atoms with E-state index in [-0.39, 0.29) is 16.8 Å². The van der Waals surface area contributed by atoms with Crippen molar-refractivity contribution in [2.75, 3.05) is 0 Å². The second-order valence-corrected chi connectivity index (χ2v) is 7.66.